The van der Waals surface area contributed by atoms with Crippen LogP contribution in [0.25, 0.3) is 0 Å². The molecule has 0 saturated carbocycles. The average molecular weight is 587 g/mol. The number of benzene rings is 2. The summed E-state index contributed by atoms with van der Waals surface area (Å²) in [6.07, 6.45) is 3.04. The van der Waals surface area contributed by atoms with E-state index in [0.29, 0.717) is 53.3 Å². The molecule has 2 aromatic carbocycles. The smallest absolute Gasteiger partial charge is 0.244 e. The largest absolute Gasteiger partial charge is 0.486 e. The van der Waals surface area contributed by atoms with Crippen molar-refractivity contribution in [3.63, 3.8) is 0 Å². The highest BCUT2D eigenvalue weighted by molar-refractivity contribution is 7.92. The summed E-state index contributed by atoms with van der Waals surface area (Å²) >= 11 is 12.4. The van der Waals surface area contributed by atoms with Gasteiger partial charge in [-0.2, -0.15) is 0 Å². The zero-order chi connectivity index (χ0) is 27.9. The van der Waals surface area contributed by atoms with Crippen molar-refractivity contribution in [2.45, 2.75) is 45.7 Å². The molecule has 1 heterocycles. The van der Waals surface area contributed by atoms with Gasteiger partial charge in [0.1, 0.15) is 25.8 Å². The predicted molar refractivity (Wildman–Crippen MR) is 149 cm³/mol. The monoisotopic (exact) mass is 585 g/mol. The van der Waals surface area contributed by atoms with Crippen LogP contribution < -0.4 is 19.1 Å². The molecule has 1 aliphatic rings. The molecule has 0 fully saturated rings. The number of nitrogens with zero attached hydrogens (tertiary/aromatic N) is 2. The molecule has 0 aromatic heterocycles. The molecule has 2 amide bonds. The zero-order valence-corrected chi connectivity index (χ0v) is 24.0. The average Bonchev–Trinajstić information content (AvgIpc) is 2.87. The van der Waals surface area contributed by atoms with E-state index in [9.17, 15) is 18.0 Å². The van der Waals surface area contributed by atoms with Crippen molar-refractivity contribution >= 4 is 50.7 Å². The van der Waals surface area contributed by atoms with Crippen LogP contribution in [0.4, 0.5) is 5.69 Å². The number of hydrogen-bond donors (Lipinski definition) is 1. The molecule has 9 nitrogen and oxygen atoms in total. The van der Waals surface area contributed by atoms with Gasteiger partial charge in [0, 0.05) is 29.2 Å². The quantitative estimate of drug-likeness (QED) is 0.373. The van der Waals surface area contributed by atoms with Gasteiger partial charge in [0.05, 0.1) is 11.9 Å². The Labute approximate surface area is 234 Å². The van der Waals surface area contributed by atoms with Gasteiger partial charge in [-0.3, -0.25) is 13.9 Å². The summed E-state index contributed by atoms with van der Waals surface area (Å²) in [6, 6.07) is 8.73. The number of anilines is 1. The van der Waals surface area contributed by atoms with Gasteiger partial charge in [-0.1, -0.05) is 49.5 Å². The van der Waals surface area contributed by atoms with Crippen molar-refractivity contribution in [3.8, 4) is 11.5 Å². The fourth-order valence-corrected chi connectivity index (χ4v) is 5.37. The molecule has 208 valence electrons. The Balaban J connectivity index is 1.95. The summed E-state index contributed by atoms with van der Waals surface area (Å²) in [7, 11) is -3.88. The van der Waals surface area contributed by atoms with E-state index in [1.807, 2.05) is 6.92 Å². The highest BCUT2D eigenvalue weighted by Crippen LogP contribution is 2.35. The lowest BCUT2D eigenvalue weighted by Gasteiger charge is -2.33. The third-order valence-electron chi connectivity index (χ3n) is 6.06. The standard InChI is InChI=1S/C26H33Cl2N3O6S/c1-4-6-11-29-26(33)22(5-2)30(16-18-7-8-19(27)14-21(18)28)25(32)17-31(38(3,34)35)20-9-10-23-24(15-20)37-13-12-36-23/h7-10,14-15,22H,4-6,11-13,16-17H2,1-3H3,(H,29,33)/t22-/m1/s1. The lowest BCUT2D eigenvalue weighted by molar-refractivity contribution is -0.140. The third-order valence-corrected chi connectivity index (χ3v) is 7.79. The van der Waals surface area contributed by atoms with Crippen molar-refractivity contribution in [3.05, 3.63) is 52.0 Å². The maximum atomic E-state index is 13.8. The molecule has 1 atom stereocenters. The maximum Gasteiger partial charge on any atom is 0.244 e. The van der Waals surface area contributed by atoms with E-state index in [1.54, 1.807) is 37.3 Å². The Morgan fingerprint density at radius 2 is 1.76 bits per heavy atom. The van der Waals surface area contributed by atoms with Crippen LogP contribution >= 0.6 is 23.2 Å². The zero-order valence-electron chi connectivity index (χ0n) is 21.7. The van der Waals surface area contributed by atoms with Crippen LogP contribution in [0.2, 0.25) is 10.0 Å². The molecular formula is C26H33Cl2N3O6S. The van der Waals surface area contributed by atoms with E-state index >= 15 is 0 Å². The lowest BCUT2D eigenvalue weighted by Crippen LogP contribution is -2.52. The fraction of sp³-hybridized carbons (Fsp3) is 0.462. The SMILES string of the molecule is CCCCNC(=O)[C@@H](CC)N(Cc1ccc(Cl)cc1Cl)C(=O)CN(c1ccc2c(c1)OCCO2)S(C)(=O)=O. The lowest BCUT2D eigenvalue weighted by atomic mass is 10.1. The second-order valence-corrected chi connectivity index (χ2v) is 11.7. The molecule has 0 spiro atoms. The van der Waals surface area contributed by atoms with Crippen LogP contribution in [0.1, 0.15) is 38.7 Å². The minimum atomic E-state index is -3.88. The normalized spacial score (nSPS) is 13.5. The van der Waals surface area contributed by atoms with Crippen LogP contribution in [0.5, 0.6) is 11.5 Å². The second kappa shape index (κ2) is 13.4. The molecule has 0 radical (unpaired) electrons. The van der Waals surface area contributed by atoms with Crippen molar-refractivity contribution in [1.29, 1.82) is 0 Å². The molecule has 0 bridgehead atoms. The second-order valence-electron chi connectivity index (χ2n) is 8.92. The van der Waals surface area contributed by atoms with E-state index in [1.165, 1.54) is 11.0 Å². The highest BCUT2D eigenvalue weighted by atomic mass is 35.5. The molecule has 12 heteroatoms. The number of nitrogens with one attached hydrogen (secondary N) is 1. The number of carbonyl (C=O) groups excluding carboxylic acids is 2. The Bertz CT molecular complexity index is 1260. The van der Waals surface area contributed by atoms with E-state index < -0.39 is 28.5 Å². The van der Waals surface area contributed by atoms with Crippen LogP contribution in [-0.4, -0.2) is 63.7 Å². The van der Waals surface area contributed by atoms with E-state index in [2.05, 4.69) is 5.32 Å². The fourth-order valence-electron chi connectivity index (χ4n) is 4.06. The maximum absolute atomic E-state index is 13.8. The van der Waals surface area contributed by atoms with Gasteiger partial charge in [-0.15, -0.1) is 0 Å². The first-order valence-electron chi connectivity index (χ1n) is 12.4. The predicted octanol–water partition coefficient (Wildman–Crippen LogP) is 4.25. The molecular weight excluding hydrogens is 553 g/mol. The van der Waals surface area contributed by atoms with E-state index in [0.717, 1.165) is 23.4 Å². The molecule has 1 N–H and O–H groups in total. The van der Waals surface area contributed by atoms with Gasteiger partial charge >= 0.3 is 0 Å². The van der Waals surface area contributed by atoms with E-state index in [4.69, 9.17) is 32.7 Å². The number of amides is 2. The minimum absolute atomic E-state index is 0.00667. The van der Waals surface area contributed by atoms with Gasteiger partial charge in [-0.25, -0.2) is 8.42 Å². The molecule has 0 unspecified atom stereocenters. The van der Waals surface area contributed by atoms with Crippen LogP contribution in [0, 0.1) is 0 Å². The Morgan fingerprint density at radius 3 is 2.39 bits per heavy atom. The number of unbranched alkanes of at least 4 members (excludes halogenated alkanes) is 1. The Kier molecular flexibility index (Phi) is 10.5. The molecule has 1 aliphatic heterocycles. The van der Waals surface area contributed by atoms with Crippen molar-refractivity contribution in [2.75, 3.05) is 36.9 Å². The number of sulfonamides is 1. The summed E-state index contributed by atoms with van der Waals surface area (Å²) in [5, 5.41) is 3.65. The van der Waals surface area contributed by atoms with Gasteiger partial charge in [0.25, 0.3) is 0 Å². The molecule has 38 heavy (non-hydrogen) atoms. The summed E-state index contributed by atoms with van der Waals surface area (Å²) in [5.41, 5.74) is 0.824. The summed E-state index contributed by atoms with van der Waals surface area (Å²) < 4.78 is 37.8. The number of halogens is 2. The van der Waals surface area contributed by atoms with Gasteiger partial charge in [-0.05, 0) is 42.7 Å². The first kappa shape index (κ1) is 29.9. The first-order chi connectivity index (χ1) is 18.0. The molecule has 0 saturated heterocycles. The van der Waals surface area contributed by atoms with Gasteiger partial charge < -0.3 is 19.7 Å². The van der Waals surface area contributed by atoms with Gasteiger partial charge in [0.15, 0.2) is 11.5 Å². The first-order valence-corrected chi connectivity index (χ1v) is 15.0. The van der Waals surface area contributed by atoms with Gasteiger partial charge in [0.2, 0.25) is 21.8 Å². The van der Waals surface area contributed by atoms with E-state index in [-0.39, 0.29) is 18.1 Å². The van der Waals surface area contributed by atoms with Crippen LogP contribution in [-0.2, 0) is 26.2 Å². The van der Waals surface area contributed by atoms with Crippen molar-refractivity contribution in [1.82, 2.24) is 10.2 Å². The Hall–Kier alpha value is -2.69. The summed E-state index contributed by atoms with van der Waals surface area (Å²) in [6.45, 7) is 4.47. The van der Waals surface area contributed by atoms with Crippen molar-refractivity contribution in [2.24, 2.45) is 0 Å². The number of ether oxygens (including phenoxy) is 2. The molecule has 0 aliphatic carbocycles. The number of rotatable bonds is 12. The van der Waals surface area contributed by atoms with Crippen LogP contribution in [0.15, 0.2) is 36.4 Å². The highest BCUT2D eigenvalue weighted by Gasteiger charge is 2.32. The topological polar surface area (TPSA) is 105 Å². The third kappa shape index (κ3) is 7.68. The number of hydrogen-bond acceptors (Lipinski definition) is 6. The summed E-state index contributed by atoms with van der Waals surface area (Å²) in [4.78, 5) is 28.3. The summed E-state index contributed by atoms with van der Waals surface area (Å²) in [5.74, 6) is 0.00779. The number of fused-ring (bicyclic) bond motifs is 1. The minimum Gasteiger partial charge on any atom is -0.486 e. The Morgan fingerprint density at radius 1 is 1.05 bits per heavy atom. The van der Waals surface area contributed by atoms with Crippen LogP contribution in [0.3, 0.4) is 0 Å². The molecule has 3 rings (SSSR count). The molecule has 2 aromatic rings. The number of carbonyl (C=O) groups is 2. The van der Waals surface area contributed by atoms with Crippen molar-refractivity contribution < 1.29 is 27.5 Å².